The molecule has 1 aromatic rings. The Balaban J connectivity index is 1.69. The van der Waals surface area contributed by atoms with Gasteiger partial charge in [0.2, 0.25) is 0 Å². The summed E-state index contributed by atoms with van der Waals surface area (Å²) in [5, 5.41) is 12.5. The van der Waals surface area contributed by atoms with Crippen LogP contribution in [0.4, 0.5) is 0 Å². The first-order valence-corrected chi connectivity index (χ1v) is 10.8. The molecule has 1 saturated heterocycles. The molecule has 1 amide bonds. The van der Waals surface area contributed by atoms with Crippen LogP contribution < -0.4 is 5.32 Å². The Morgan fingerprint density at radius 1 is 1.25 bits per heavy atom. The Hall–Kier alpha value is -2.06. The molecule has 0 bridgehead atoms. The number of nitrogens with one attached hydrogen (secondary N) is 1. The number of piperidine rings is 1. The smallest absolute Gasteiger partial charge is 0.261 e. The first-order valence-electron chi connectivity index (χ1n) is 10.8. The molecular weight excluding hydrogens is 348 g/mol. The molecule has 5 nitrogen and oxygen atoms in total. The fourth-order valence-electron chi connectivity index (χ4n) is 4.93. The van der Waals surface area contributed by atoms with Gasteiger partial charge in [-0.05, 0) is 76.7 Å². The lowest BCUT2D eigenvalue weighted by Crippen LogP contribution is -2.39. The summed E-state index contributed by atoms with van der Waals surface area (Å²) in [7, 11) is 2.12. The van der Waals surface area contributed by atoms with E-state index in [1.807, 2.05) is 0 Å². The van der Waals surface area contributed by atoms with E-state index in [0.717, 1.165) is 25.1 Å². The van der Waals surface area contributed by atoms with E-state index in [2.05, 4.69) is 47.8 Å². The van der Waals surface area contributed by atoms with Crippen LogP contribution in [-0.2, 0) is 4.79 Å². The molecule has 1 saturated carbocycles. The molecule has 0 spiro atoms. The van der Waals surface area contributed by atoms with Crippen LogP contribution in [0.3, 0.4) is 0 Å². The number of amides is 1. The monoisotopic (exact) mass is 382 g/mol. The summed E-state index contributed by atoms with van der Waals surface area (Å²) in [4.78, 5) is 14.9. The minimum atomic E-state index is -0.252. The highest BCUT2D eigenvalue weighted by molar-refractivity contribution is 6.01. The number of likely N-dealkylation sites (tertiary alicyclic amines) is 1. The highest BCUT2D eigenvalue weighted by atomic mass is 16.1. The molecule has 1 atom stereocenters. The van der Waals surface area contributed by atoms with Crippen LogP contribution in [0.2, 0.25) is 0 Å². The Labute approximate surface area is 169 Å². The average molecular weight is 383 g/mol. The molecule has 1 aliphatic carbocycles. The summed E-state index contributed by atoms with van der Waals surface area (Å²) >= 11 is 0. The fourth-order valence-corrected chi connectivity index (χ4v) is 4.93. The van der Waals surface area contributed by atoms with Crippen LogP contribution in [0.1, 0.15) is 67.9 Å². The highest BCUT2D eigenvalue weighted by Crippen LogP contribution is 2.32. The summed E-state index contributed by atoms with van der Waals surface area (Å²) in [6, 6.07) is 4.78. The maximum Gasteiger partial charge on any atom is 0.261 e. The first kappa shape index (κ1) is 20.7. The average Bonchev–Trinajstić information content (AvgIpc) is 2.98. The number of hydrogen-bond acceptors (Lipinski definition) is 3. The number of carbonyl (C=O) groups is 1. The second kappa shape index (κ2) is 9.43. The van der Waals surface area contributed by atoms with E-state index in [-0.39, 0.29) is 11.5 Å². The van der Waals surface area contributed by atoms with Gasteiger partial charge < -0.3 is 14.8 Å². The van der Waals surface area contributed by atoms with Crippen molar-refractivity contribution in [3.8, 4) is 6.07 Å². The topological polar surface area (TPSA) is 61.1 Å². The van der Waals surface area contributed by atoms with E-state index in [1.54, 1.807) is 6.08 Å². The summed E-state index contributed by atoms with van der Waals surface area (Å²) in [5.41, 5.74) is 3.58. The molecule has 2 fully saturated rings. The first-order chi connectivity index (χ1) is 13.5. The molecule has 2 aliphatic rings. The number of rotatable bonds is 5. The zero-order valence-corrected chi connectivity index (χ0v) is 17.6. The molecule has 3 rings (SSSR count). The maximum atomic E-state index is 12.6. The summed E-state index contributed by atoms with van der Waals surface area (Å²) in [5.74, 6) is 0.220. The maximum absolute atomic E-state index is 12.6. The normalized spacial score (nSPS) is 22.1. The molecule has 0 aromatic carbocycles. The van der Waals surface area contributed by atoms with E-state index >= 15 is 0 Å². The molecule has 1 unspecified atom stereocenters. The molecule has 28 heavy (non-hydrogen) atoms. The van der Waals surface area contributed by atoms with Crippen molar-refractivity contribution in [3.63, 3.8) is 0 Å². The predicted octanol–water partition coefficient (Wildman–Crippen LogP) is 3.98. The SMILES string of the molecule is Cc1cc(/C=C(\C#N)C(=O)NCC2CCCN(C)C2)c(C)n1C1CCCCC1. The Morgan fingerprint density at radius 3 is 2.68 bits per heavy atom. The molecule has 1 aromatic heterocycles. The number of carbonyl (C=O) groups excluding carboxylic acids is 1. The third-order valence-corrected chi connectivity index (χ3v) is 6.40. The van der Waals surface area contributed by atoms with Crippen LogP contribution in [0.5, 0.6) is 0 Å². The Morgan fingerprint density at radius 2 is 2.00 bits per heavy atom. The zero-order valence-electron chi connectivity index (χ0n) is 17.6. The van der Waals surface area contributed by atoms with Crippen LogP contribution in [0, 0.1) is 31.1 Å². The van der Waals surface area contributed by atoms with Gasteiger partial charge in [-0.15, -0.1) is 0 Å². The molecule has 1 aliphatic heterocycles. The lowest BCUT2D eigenvalue weighted by molar-refractivity contribution is -0.117. The van der Waals surface area contributed by atoms with Crippen molar-refractivity contribution in [1.29, 1.82) is 5.26 Å². The standard InChI is InChI=1S/C23H34N4O/c1-17-12-20(18(2)27(17)22-9-5-4-6-10-22)13-21(14-24)23(28)25-15-19-8-7-11-26(3)16-19/h12-13,19,22H,4-11,15-16H2,1-3H3,(H,25,28)/b21-13+. The minimum Gasteiger partial charge on any atom is -0.351 e. The molecule has 5 heteroatoms. The van der Waals surface area contributed by atoms with Crippen LogP contribution in [-0.4, -0.2) is 42.1 Å². The van der Waals surface area contributed by atoms with Crippen molar-refractivity contribution in [2.24, 2.45) is 5.92 Å². The number of aryl methyl sites for hydroxylation is 1. The quantitative estimate of drug-likeness (QED) is 0.619. The molecule has 2 heterocycles. The van der Waals surface area contributed by atoms with Gasteiger partial charge >= 0.3 is 0 Å². The molecule has 0 radical (unpaired) electrons. The van der Waals surface area contributed by atoms with Crippen molar-refractivity contribution in [2.75, 3.05) is 26.7 Å². The Bertz CT molecular complexity index is 764. The van der Waals surface area contributed by atoms with Crippen molar-refractivity contribution in [2.45, 2.75) is 64.8 Å². The summed E-state index contributed by atoms with van der Waals surface area (Å²) in [6.07, 6.45) is 10.4. The second-order valence-electron chi connectivity index (χ2n) is 8.64. The predicted molar refractivity (Wildman–Crippen MR) is 113 cm³/mol. The summed E-state index contributed by atoms with van der Waals surface area (Å²) < 4.78 is 2.41. The third-order valence-electron chi connectivity index (χ3n) is 6.40. The fraction of sp³-hybridized carbons (Fsp3) is 0.652. The van der Waals surface area contributed by atoms with Crippen LogP contribution in [0.25, 0.3) is 6.08 Å². The van der Waals surface area contributed by atoms with Gasteiger partial charge in [-0.2, -0.15) is 5.26 Å². The van der Waals surface area contributed by atoms with E-state index in [4.69, 9.17) is 0 Å². The number of hydrogen-bond donors (Lipinski definition) is 1. The number of nitriles is 1. The van der Waals surface area contributed by atoms with E-state index in [0.29, 0.717) is 18.5 Å². The number of nitrogens with zero attached hydrogens (tertiary/aromatic N) is 3. The molecule has 1 N–H and O–H groups in total. The Kier molecular flexibility index (Phi) is 6.96. The van der Waals surface area contributed by atoms with Crippen molar-refractivity contribution < 1.29 is 4.79 Å². The van der Waals surface area contributed by atoms with Crippen molar-refractivity contribution in [3.05, 3.63) is 28.6 Å². The molecular formula is C23H34N4O. The van der Waals surface area contributed by atoms with Gasteiger partial charge in [0, 0.05) is 30.5 Å². The lowest BCUT2D eigenvalue weighted by Gasteiger charge is -2.29. The van der Waals surface area contributed by atoms with E-state index in [1.165, 1.54) is 49.9 Å². The van der Waals surface area contributed by atoms with Gasteiger partial charge in [0.1, 0.15) is 11.6 Å². The summed E-state index contributed by atoms with van der Waals surface area (Å²) in [6.45, 7) is 7.02. The van der Waals surface area contributed by atoms with E-state index < -0.39 is 0 Å². The van der Waals surface area contributed by atoms with Crippen molar-refractivity contribution in [1.82, 2.24) is 14.8 Å². The largest absolute Gasteiger partial charge is 0.351 e. The molecule has 152 valence electrons. The minimum absolute atomic E-state index is 0.202. The zero-order chi connectivity index (χ0) is 20.1. The van der Waals surface area contributed by atoms with Gasteiger partial charge in [0.05, 0.1) is 0 Å². The van der Waals surface area contributed by atoms with Crippen LogP contribution >= 0.6 is 0 Å². The lowest BCUT2D eigenvalue weighted by atomic mass is 9.95. The van der Waals surface area contributed by atoms with Gasteiger partial charge in [0.25, 0.3) is 5.91 Å². The third kappa shape index (κ3) is 4.86. The number of aromatic nitrogens is 1. The second-order valence-corrected chi connectivity index (χ2v) is 8.64. The van der Waals surface area contributed by atoms with E-state index in [9.17, 15) is 10.1 Å². The van der Waals surface area contributed by atoms with Crippen molar-refractivity contribution >= 4 is 12.0 Å². The van der Waals surface area contributed by atoms with Gasteiger partial charge in [-0.1, -0.05) is 19.3 Å². The van der Waals surface area contributed by atoms with Crippen LogP contribution in [0.15, 0.2) is 11.6 Å². The van der Waals surface area contributed by atoms with Gasteiger partial charge in [0.15, 0.2) is 0 Å². The highest BCUT2D eigenvalue weighted by Gasteiger charge is 2.21. The van der Waals surface area contributed by atoms with Gasteiger partial charge in [-0.3, -0.25) is 4.79 Å². The van der Waals surface area contributed by atoms with Gasteiger partial charge in [-0.25, -0.2) is 0 Å².